The molecule has 0 saturated carbocycles. The molecule has 2 aromatic rings. The highest BCUT2D eigenvalue weighted by atomic mass is 35.5. The summed E-state index contributed by atoms with van der Waals surface area (Å²) in [6.07, 6.45) is 0.546. The molecule has 1 atom stereocenters. The molecule has 0 spiro atoms. The lowest BCUT2D eigenvalue weighted by atomic mass is 9.98. The van der Waals surface area contributed by atoms with Gasteiger partial charge in [-0.15, -0.1) is 0 Å². The first-order valence-electron chi connectivity index (χ1n) is 6.22. The maximum atomic E-state index is 12.8. The number of nitrogens with zero attached hydrogens (tertiary/aromatic N) is 1. The lowest BCUT2D eigenvalue weighted by molar-refractivity contribution is 0.306. The van der Waals surface area contributed by atoms with E-state index in [0.717, 1.165) is 5.56 Å². The molecule has 20 heavy (non-hydrogen) atoms. The summed E-state index contributed by atoms with van der Waals surface area (Å²) in [5, 5.41) is 9.82. The van der Waals surface area contributed by atoms with E-state index in [-0.39, 0.29) is 11.7 Å². The van der Waals surface area contributed by atoms with Crippen LogP contribution in [0.15, 0.2) is 48.5 Å². The van der Waals surface area contributed by atoms with Gasteiger partial charge in [-0.25, -0.2) is 4.39 Å². The summed E-state index contributed by atoms with van der Waals surface area (Å²) in [5.41, 5.74) is 0.800. The maximum Gasteiger partial charge on any atom is 0.123 e. The molecule has 0 aliphatic rings. The van der Waals surface area contributed by atoms with Crippen molar-refractivity contribution >= 4 is 11.6 Å². The fraction of sp³-hybridized carbons (Fsp3) is 0.188. The number of halogens is 2. The molecule has 0 aliphatic heterocycles. The van der Waals surface area contributed by atoms with E-state index in [9.17, 15) is 4.39 Å². The van der Waals surface area contributed by atoms with Crippen molar-refractivity contribution in [3.63, 3.8) is 0 Å². The van der Waals surface area contributed by atoms with Crippen molar-refractivity contribution in [1.29, 1.82) is 5.26 Å². The first-order chi connectivity index (χ1) is 9.69. The molecule has 0 N–H and O–H groups in total. The normalized spacial score (nSPS) is 11.7. The molecular formula is C16H13ClFNO. The van der Waals surface area contributed by atoms with Crippen LogP contribution in [-0.2, 0) is 0 Å². The Bertz CT molecular complexity index is 589. The molecule has 102 valence electrons. The number of benzene rings is 2. The lowest BCUT2D eigenvalue weighted by Gasteiger charge is -2.11. The summed E-state index contributed by atoms with van der Waals surface area (Å²) in [6, 6.07) is 15.2. The third kappa shape index (κ3) is 3.97. The average Bonchev–Trinajstić information content (AvgIpc) is 2.47. The number of hydrogen-bond acceptors (Lipinski definition) is 2. The molecule has 0 heterocycles. The second-order valence-electron chi connectivity index (χ2n) is 4.32. The first-order valence-corrected chi connectivity index (χ1v) is 6.60. The van der Waals surface area contributed by atoms with Gasteiger partial charge >= 0.3 is 0 Å². The Kier molecular flexibility index (Phi) is 4.97. The summed E-state index contributed by atoms with van der Waals surface area (Å²) < 4.78 is 18.4. The van der Waals surface area contributed by atoms with Crippen molar-refractivity contribution in [3.8, 4) is 11.8 Å². The SMILES string of the molecule is N#CC(CCOc1ccc(Cl)cc1)c1ccc(F)cc1. The minimum Gasteiger partial charge on any atom is -0.494 e. The van der Waals surface area contributed by atoms with Gasteiger partial charge in [0.2, 0.25) is 0 Å². The summed E-state index contributed by atoms with van der Waals surface area (Å²) in [5.74, 6) is 0.107. The van der Waals surface area contributed by atoms with Crippen molar-refractivity contribution in [2.24, 2.45) is 0 Å². The predicted molar refractivity (Wildman–Crippen MR) is 76.3 cm³/mol. The number of hydrogen-bond donors (Lipinski definition) is 0. The standard InChI is InChI=1S/C16H13ClFNO/c17-14-3-7-16(8-4-14)20-10-9-13(11-19)12-1-5-15(18)6-2-12/h1-8,13H,9-10H2. The highest BCUT2D eigenvalue weighted by Crippen LogP contribution is 2.21. The van der Waals surface area contributed by atoms with Gasteiger partial charge in [0.15, 0.2) is 0 Å². The fourth-order valence-electron chi connectivity index (χ4n) is 1.83. The van der Waals surface area contributed by atoms with Crippen molar-refractivity contribution in [2.75, 3.05) is 6.61 Å². The number of nitriles is 1. The van der Waals surface area contributed by atoms with Gasteiger partial charge in [-0.1, -0.05) is 23.7 Å². The van der Waals surface area contributed by atoms with Gasteiger partial charge in [0.25, 0.3) is 0 Å². The Morgan fingerprint density at radius 3 is 2.35 bits per heavy atom. The van der Waals surface area contributed by atoms with Gasteiger partial charge in [-0.2, -0.15) is 5.26 Å². The van der Waals surface area contributed by atoms with E-state index in [1.54, 1.807) is 36.4 Å². The molecule has 0 fully saturated rings. The zero-order chi connectivity index (χ0) is 14.4. The Labute approximate surface area is 122 Å². The number of ether oxygens (including phenoxy) is 1. The molecule has 2 nitrogen and oxygen atoms in total. The second kappa shape index (κ2) is 6.93. The minimum atomic E-state index is -0.303. The third-order valence-corrected chi connectivity index (χ3v) is 3.17. The van der Waals surface area contributed by atoms with Crippen molar-refractivity contribution in [2.45, 2.75) is 12.3 Å². The van der Waals surface area contributed by atoms with E-state index >= 15 is 0 Å². The van der Waals surface area contributed by atoms with Crippen LogP contribution in [0.2, 0.25) is 5.02 Å². The Balaban J connectivity index is 1.90. The van der Waals surface area contributed by atoms with Gasteiger partial charge in [0.05, 0.1) is 18.6 Å². The minimum absolute atomic E-state index is 0.303. The van der Waals surface area contributed by atoms with Crippen molar-refractivity contribution in [1.82, 2.24) is 0 Å². The van der Waals surface area contributed by atoms with Crippen LogP contribution in [-0.4, -0.2) is 6.61 Å². The third-order valence-electron chi connectivity index (χ3n) is 2.92. The number of rotatable bonds is 5. The topological polar surface area (TPSA) is 33.0 Å². The van der Waals surface area contributed by atoms with E-state index < -0.39 is 0 Å². The van der Waals surface area contributed by atoms with E-state index in [2.05, 4.69) is 6.07 Å². The Morgan fingerprint density at radius 2 is 1.75 bits per heavy atom. The predicted octanol–water partition coefficient (Wildman–Crippen LogP) is 4.56. The van der Waals surface area contributed by atoms with E-state index in [1.165, 1.54) is 12.1 Å². The summed E-state index contributed by atoms with van der Waals surface area (Å²) in [7, 11) is 0. The molecule has 0 aromatic heterocycles. The second-order valence-corrected chi connectivity index (χ2v) is 4.76. The fourth-order valence-corrected chi connectivity index (χ4v) is 1.95. The van der Waals surface area contributed by atoms with Crippen LogP contribution >= 0.6 is 11.6 Å². The van der Waals surface area contributed by atoms with Crippen LogP contribution in [0.4, 0.5) is 4.39 Å². The van der Waals surface area contributed by atoms with Crippen molar-refractivity contribution in [3.05, 3.63) is 64.9 Å². The molecule has 2 aromatic carbocycles. The summed E-state index contributed by atoms with van der Waals surface area (Å²) in [6.45, 7) is 0.414. The van der Waals surface area contributed by atoms with Crippen molar-refractivity contribution < 1.29 is 9.13 Å². The Morgan fingerprint density at radius 1 is 1.10 bits per heavy atom. The quantitative estimate of drug-likeness (QED) is 0.808. The smallest absolute Gasteiger partial charge is 0.123 e. The molecule has 1 unspecified atom stereocenters. The molecule has 0 radical (unpaired) electrons. The largest absolute Gasteiger partial charge is 0.494 e. The van der Waals surface area contributed by atoms with Gasteiger partial charge in [0, 0.05) is 11.4 Å². The highest BCUT2D eigenvalue weighted by molar-refractivity contribution is 6.30. The average molecular weight is 290 g/mol. The van der Waals surface area contributed by atoms with Gasteiger partial charge in [-0.3, -0.25) is 0 Å². The van der Waals surface area contributed by atoms with Crippen LogP contribution in [0.5, 0.6) is 5.75 Å². The first kappa shape index (κ1) is 14.4. The maximum absolute atomic E-state index is 12.8. The van der Waals surface area contributed by atoms with E-state index in [1.807, 2.05) is 0 Å². The zero-order valence-electron chi connectivity index (χ0n) is 10.7. The van der Waals surface area contributed by atoms with E-state index in [0.29, 0.717) is 23.8 Å². The molecule has 0 bridgehead atoms. The molecule has 0 amide bonds. The molecule has 0 saturated heterocycles. The highest BCUT2D eigenvalue weighted by Gasteiger charge is 2.10. The van der Waals surface area contributed by atoms with Gasteiger partial charge in [0.1, 0.15) is 11.6 Å². The van der Waals surface area contributed by atoms with Gasteiger partial charge in [-0.05, 0) is 42.0 Å². The van der Waals surface area contributed by atoms with Crippen LogP contribution in [0.25, 0.3) is 0 Å². The Hall–Kier alpha value is -2.05. The van der Waals surface area contributed by atoms with Crippen LogP contribution in [0.1, 0.15) is 17.9 Å². The molecule has 2 rings (SSSR count). The molecule has 0 aliphatic carbocycles. The molecular weight excluding hydrogens is 277 g/mol. The zero-order valence-corrected chi connectivity index (χ0v) is 11.5. The van der Waals surface area contributed by atoms with Crippen LogP contribution in [0.3, 0.4) is 0 Å². The summed E-state index contributed by atoms with van der Waals surface area (Å²) in [4.78, 5) is 0. The van der Waals surface area contributed by atoms with E-state index in [4.69, 9.17) is 21.6 Å². The van der Waals surface area contributed by atoms with Gasteiger partial charge < -0.3 is 4.74 Å². The van der Waals surface area contributed by atoms with Crippen LogP contribution in [0, 0.1) is 17.1 Å². The van der Waals surface area contributed by atoms with Crippen LogP contribution < -0.4 is 4.74 Å². The molecule has 4 heteroatoms. The summed E-state index contributed by atoms with van der Waals surface area (Å²) >= 11 is 5.78. The lowest BCUT2D eigenvalue weighted by Crippen LogP contribution is -2.04. The monoisotopic (exact) mass is 289 g/mol.